The van der Waals surface area contributed by atoms with Gasteiger partial charge < -0.3 is 14.2 Å². The molecule has 9 aromatic rings. The molecule has 0 spiro atoms. The molecular formula is C53H40N2O. The van der Waals surface area contributed by atoms with E-state index in [1.54, 1.807) is 0 Å². The summed E-state index contributed by atoms with van der Waals surface area (Å²) in [6, 6.07) is 72.6. The van der Waals surface area contributed by atoms with Crippen molar-refractivity contribution in [3.8, 4) is 22.3 Å². The lowest BCUT2D eigenvalue weighted by Gasteiger charge is -2.25. The number of allylic oxidation sites excluding steroid dienone is 3. The smallest absolute Gasteiger partial charge is 0.135 e. The minimum atomic E-state index is 0.889. The van der Waals surface area contributed by atoms with E-state index in [9.17, 15) is 0 Å². The molecule has 0 aliphatic heterocycles. The topological polar surface area (TPSA) is 19.6 Å². The van der Waals surface area contributed by atoms with Crippen molar-refractivity contribution in [3.63, 3.8) is 0 Å². The van der Waals surface area contributed by atoms with Gasteiger partial charge in [0, 0.05) is 45.4 Å². The first-order valence-corrected chi connectivity index (χ1v) is 19.0. The number of rotatable bonds is 10. The van der Waals surface area contributed by atoms with E-state index < -0.39 is 0 Å². The van der Waals surface area contributed by atoms with Gasteiger partial charge in [-0.15, -0.1) is 0 Å². The molecule has 1 heterocycles. The average molecular weight is 721 g/mol. The molecule has 0 atom stereocenters. The number of fused-ring (bicyclic) bond motifs is 3. The standard InChI is InChI=1S/C53H40N2O/c1-39(15-14-36-54(45-20-7-3-8-21-45)46-30-26-41(27-31-46)40-16-5-2-6-17-40)43-18-13-19-44(37-43)42-28-32-48(33-29-42)55(47-22-9-4-10-23-47)49-34-35-53-51(38-49)50-24-11-12-25-52(50)56-53/h2-38H,1H3/b36-14+,39-15+. The highest BCUT2D eigenvalue weighted by molar-refractivity contribution is 6.06. The third kappa shape index (κ3) is 7.14. The maximum atomic E-state index is 6.15. The number of hydrogen-bond acceptors (Lipinski definition) is 3. The average Bonchev–Trinajstić information content (AvgIpc) is 3.65. The molecule has 0 aliphatic carbocycles. The zero-order chi connectivity index (χ0) is 37.7. The zero-order valence-electron chi connectivity index (χ0n) is 31.2. The summed E-state index contributed by atoms with van der Waals surface area (Å²) in [5.41, 5.74) is 14.4. The summed E-state index contributed by atoms with van der Waals surface area (Å²) in [5.74, 6) is 0. The van der Waals surface area contributed by atoms with E-state index in [1.807, 2.05) is 12.1 Å². The first-order valence-electron chi connectivity index (χ1n) is 19.0. The molecule has 268 valence electrons. The van der Waals surface area contributed by atoms with E-state index in [2.05, 4.69) is 229 Å². The Morgan fingerprint density at radius 1 is 0.411 bits per heavy atom. The monoisotopic (exact) mass is 720 g/mol. The van der Waals surface area contributed by atoms with E-state index in [0.717, 1.165) is 55.9 Å². The lowest BCUT2D eigenvalue weighted by atomic mass is 9.99. The van der Waals surface area contributed by atoms with Crippen LogP contribution in [0.25, 0.3) is 49.8 Å². The highest BCUT2D eigenvalue weighted by atomic mass is 16.3. The number of para-hydroxylation sites is 3. The fourth-order valence-corrected chi connectivity index (χ4v) is 7.35. The van der Waals surface area contributed by atoms with Crippen LogP contribution in [0.2, 0.25) is 0 Å². The van der Waals surface area contributed by atoms with Gasteiger partial charge in [-0.3, -0.25) is 0 Å². The van der Waals surface area contributed by atoms with Crippen LogP contribution >= 0.6 is 0 Å². The van der Waals surface area contributed by atoms with Crippen LogP contribution in [-0.2, 0) is 0 Å². The van der Waals surface area contributed by atoms with Gasteiger partial charge in [-0.25, -0.2) is 0 Å². The van der Waals surface area contributed by atoms with Crippen molar-refractivity contribution in [3.05, 3.63) is 230 Å². The minimum Gasteiger partial charge on any atom is -0.456 e. The zero-order valence-corrected chi connectivity index (χ0v) is 31.2. The van der Waals surface area contributed by atoms with Crippen molar-refractivity contribution in [2.45, 2.75) is 6.92 Å². The summed E-state index contributed by atoms with van der Waals surface area (Å²) in [5, 5.41) is 2.23. The number of hydrogen-bond donors (Lipinski definition) is 0. The third-order valence-electron chi connectivity index (χ3n) is 10.3. The fourth-order valence-electron chi connectivity index (χ4n) is 7.35. The fraction of sp³-hybridized carbons (Fsp3) is 0.0189. The third-order valence-corrected chi connectivity index (χ3v) is 10.3. The van der Waals surface area contributed by atoms with Crippen molar-refractivity contribution in [2.24, 2.45) is 0 Å². The summed E-state index contributed by atoms with van der Waals surface area (Å²) in [6.45, 7) is 2.17. The molecule has 0 saturated heterocycles. The Labute approximate surface area is 328 Å². The molecule has 8 aromatic carbocycles. The molecule has 0 radical (unpaired) electrons. The van der Waals surface area contributed by atoms with Crippen LogP contribution in [0.15, 0.2) is 229 Å². The quantitative estimate of drug-likeness (QED) is 0.131. The van der Waals surface area contributed by atoms with Gasteiger partial charge in [-0.1, -0.05) is 133 Å². The van der Waals surface area contributed by atoms with Gasteiger partial charge in [0.15, 0.2) is 0 Å². The summed E-state index contributed by atoms with van der Waals surface area (Å²) < 4.78 is 6.15. The van der Waals surface area contributed by atoms with Crippen LogP contribution in [-0.4, -0.2) is 0 Å². The van der Waals surface area contributed by atoms with Crippen LogP contribution < -0.4 is 9.80 Å². The predicted octanol–water partition coefficient (Wildman–Crippen LogP) is 15.1. The maximum absolute atomic E-state index is 6.15. The van der Waals surface area contributed by atoms with Gasteiger partial charge in [0.05, 0.1) is 0 Å². The van der Waals surface area contributed by atoms with E-state index in [4.69, 9.17) is 4.42 Å². The first-order chi connectivity index (χ1) is 27.7. The largest absolute Gasteiger partial charge is 0.456 e. The van der Waals surface area contributed by atoms with E-state index in [1.165, 1.54) is 27.8 Å². The van der Waals surface area contributed by atoms with Crippen molar-refractivity contribution in [1.29, 1.82) is 0 Å². The second-order valence-electron chi connectivity index (χ2n) is 13.9. The molecule has 9 rings (SSSR count). The lowest BCUT2D eigenvalue weighted by molar-refractivity contribution is 0.669. The van der Waals surface area contributed by atoms with Gasteiger partial charge in [-0.05, 0) is 125 Å². The normalized spacial score (nSPS) is 11.7. The summed E-state index contributed by atoms with van der Waals surface area (Å²) in [6.07, 6.45) is 6.47. The Bertz CT molecular complexity index is 2780. The summed E-state index contributed by atoms with van der Waals surface area (Å²) in [7, 11) is 0. The van der Waals surface area contributed by atoms with Crippen LogP contribution in [0, 0.1) is 0 Å². The van der Waals surface area contributed by atoms with E-state index >= 15 is 0 Å². The Kier molecular flexibility index (Phi) is 9.55. The maximum Gasteiger partial charge on any atom is 0.135 e. The summed E-state index contributed by atoms with van der Waals surface area (Å²) >= 11 is 0. The van der Waals surface area contributed by atoms with Crippen LogP contribution in [0.3, 0.4) is 0 Å². The number of benzene rings is 8. The summed E-state index contributed by atoms with van der Waals surface area (Å²) in [4.78, 5) is 4.53. The number of anilines is 5. The van der Waals surface area contributed by atoms with Gasteiger partial charge >= 0.3 is 0 Å². The van der Waals surface area contributed by atoms with Crippen molar-refractivity contribution >= 4 is 55.9 Å². The predicted molar refractivity (Wildman–Crippen MR) is 237 cm³/mol. The molecule has 0 aliphatic rings. The Morgan fingerprint density at radius 3 is 1.66 bits per heavy atom. The molecule has 0 amide bonds. The molecule has 56 heavy (non-hydrogen) atoms. The molecule has 3 nitrogen and oxygen atoms in total. The highest BCUT2D eigenvalue weighted by Gasteiger charge is 2.16. The van der Waals surface area contributed by atoms with Gasteiger partial charge in [0.25, 0.3) is 0 Å². The number of nitrogens with zero attached hydrogens (tertiary/aromatic N) is 2. The molecule has 1 aromatic heterocycles. The molecule has 3 heteroatoms. The second kappa shape index (κ2) is 15.5. The van der Waals surface area contributed by atoms with Crippen LogP contribution in [0.5, 0.6) is 0 Å². The second-order valence-corrected chi connectivity index (χ2v) is 13.9. The Hall–Kier alpha value is -7.36. The van der Waals surface area contributed by atoms with Gasteiger partial charge in [0.1, 0.15) is 11.2 Å². The molecule has 0 fully saturated rings. The lowest BCUT2D eigenvalue weighted by Crippen LogP contribution is -2.09. The van der Waals surface area contributed by atoms with E-state index in [-0.39, 0.29) is 0 Å². The SMILES string of the molecule is C/C(=C\C=C\N(c1ccccc1)c1ccc(-c2ccccc2)cc1)c1cccc(-c2ccc(N(c3ccccc3)c3ccc4oc5ccccc5c4c3)cc2)c1. The molecule has 0 bridgehead atoms. The van der Waals surface area contributed by atoms with E-state index in [0.29, 0.717) is 0 Å². The van der Waals surface area contributed by atoms with Crippen molar-refractivity contribution in [2.75, 3.05) is 9.80 Å². The van der Waals surface area contributed by atoms with Crippen molar-refractivity contribution in [1.82, 2.24) is 0 Å². The van der Waals surface area contributed by atoms with Crippen molar-refractivity contribution < 1.29 is 4.42 Å². The molecule has 0 saturated carbocycles. The highest BCUT2D eigenvalue weighted by Crippen LogP contribution is 2.39. The van der Waals surface area contributed by atoms with Gasteiger partial charge in [-0.2, -0.15) is 0 Å². The Morgan fingerprint density at radius 2 is 0.929 bits per heavy atom. The molecule has 0 N–H and O–H groups in total. The Balaban J connectivity index is 0.977. The van der Waals surface area contributed by atoms with Crippen LogP contribution in [0.4, 0.5) is 28.4 Å². The van der Waals surface area contributed by atoms with Crippen LogP contribution in [0.1, 0.15) is 12.5 Å². The number of furan rings is 1. The minimum absolute atomic E-state index is 0.889. The van der Waals surface area contributed by atoms with Gasteiger partial charge in [0.2, 0.25) is 0 Å². The first kappa shape index (κ1) is 34.4. The molecular weight excluding hydrogens is 681 g/mol. The molecule has 0 unspecified atom stereocenters.